The highest BCUT2D eigenvalue weighted by Gasteiger charge is 2.48. The summed E-state index contributed by atoms with van der Waals surface area (Å²) in [5.41, 5.74) is 4.59. The van der Waals surface area contributed by atoms with Gasteiger partial charge in [-0.05, 0) is 25.5 Å². The second-order valence-corrected chi connectivity index (χ2v) is 4.02. The first-order chi connectivity index (χ1) is 7.16. The summed E-state index contributed by atoms with van der Waals surface area (Å²) in [5, 5.41) is 4.96. The van der Waals surface area contributed by atoms with Crippen molar-refractivity contribution in [3.05, 3.63) is 0 Å². The number of hydrogen-bond acceptors (Lipinski definition) is 4. The lowest BCUT2D eigenvalue weighted by atomic mass is 9.52. The summed E-state index contributed by atoms with van der Waals surface area (Å²) in [7, 11) is 0. The van der Waals surface area contributed by atoms with E-state index in [1.807, 2.05) is 0 Å². The molecule has 2 rings (SSSR count). The molecule has 0 aromatic carbocycles. The summed E-state index contributed by atoms with van der Waals surface area (Å²) in [6, 6.07) is -0.391. The van der Waals surface area contributed by atoms with E-state index in [1.54, 1.807) is 0 Å². The average Bonchev–Trinajstić information content (AvgIpc) is 2.47. The highest BCUT2D eigenvalue weighted by molar-refractivity contribution is 6.52. The molecule has 0 aromatic heterocycles. The third kappa shape index (κ3) is 1.84. The Morgan fingerprint density at radius 3 is 2.53 bits per heavy atom. The van der Waals surface area contributed by atoms with Gasteiger partial charge in [0, 0.05) is 0 Å². The number of amides is 3. The van der Waals surface area contributed by atoms with E-state index in [-0.39, 0.29) is 19.6 Å². The van der Waals surface area contributed by atoms with Crippen LogP contribution in [0.5, 0.6) is 0 Å². The van der Waals surface area contributed by atoms with E-state index >= 15 is 0 Å². The smallest absolute Gasteiger partial charge is 0.322 e. The molecule has 0 aromatic rings. The van der Waals surface area contributed by atoms with Crippen molar-refractivity contribution in [3.63, 3.8) is 0 Å². The Morgan fingerprint density at radius 2 is 2.07 bits per heavy atom. The number of nitrogens with one attached hydrogen (secondary N) is 2. The number of rotatable bonds is 2. The molecule has 15 heavy (non-hydrogen) atoms. The summed E-state index contributed by atoms with van der Waals surface area (Å²) >= 11 is 0. The molecule has 2 heterocycles. The Labute approximate surface area is 88.0 Å². The molecule has 0 atom stereocenters. The molecule has 6 nitrogen and oxygen atoms in total. The predicted molar refractivity (Wildman–Crippen MR) is 54.1 cm³/mol. The number of hydrogen-bond donors (Lipinski definition) is 3. The van der Waals surface area contributed by atoms with Gasteiger partial charge >= 0.3 is 6.03 Å². The lowest BCUT2D eigenvalue weighted by Crippen LogP contribution is -2.51. The van der Waals surface area contributed by atoms with Gasteiger partial charge in [-0.2, -0.15) is 0 Å². The molecule has 0 aliphatic carbocycles. The zero-order chi connectivity index (χ0) is 10.9. The van der Waals surface area contributed by atoms with Gasteiger partial charge in [-0.25, -0.2) is 4.79 Å². The van der Waals surface area contributed by atoms with Gasteiger partial charge in [-0.1, -0.05) is 0 Å². The predicted octanol–water partition coefficient (Wildman–Crippen LogP) is -0.717. The molecule has 1 spiro atoms. The lowest BCUT2D eigenvalue weighted by molar-refractivity contribution is -0.124. The van der Waals surface area contributed by atoms with Crippen LogP contribution in [0.2, 0.25) is 12.6 Å². The van der Waals surface area contributed by atoms with Crippen molar-refractivity contribution in [2.24, 2.45) is 5.73 Å². The minimum atomic E-state index is -0.689. The highest BCUT2D eigenvalue weighted by atomic mass is 16.4. The zero-order valence-electron chi connectivity index (χ0n) is 8.41. The second kappa shape index (κ2) is 3.82. The first-order valence-corrected chi connectivity index (χ1v) is 5.11. The van der Waals surface area contributed by atoms with Gasteiger partial charge in [0.2, 0.25) is 0 Å². The second-order valence-electron chi connectivity index (χ2n) is 4.02. The van der Waals surface area contributed by atoms with Crippen LogP contribution in [-0.2, 0) is 9.45 Å². The van der Waals surface area contributed by atoms with E-state index in [0.717, 1.165) is 12.6 Å². The van der Waals surface area contributed by atoms with Crippen LogP contribution in [0.1, 0.15) is 12.8 Å². The van der Waals surface area contributed by atoms with Gasteiger partial charge in [0.15, 0.2) is 0 Å². The molecule has 2 saturated heterocycles. The Bertz CT molecular complexity index is 289. The van der Waals surface area contributed by atoms with Gasteiger partial charge in [-0.3, -0.25) is 10.1 Å². The molecule has 2 aliphatic rings. The Hall–Kier alpha value is -1.08. The SMILES string of the molecule is NCOB1CCC2(CC1)NC(=O)NC2=O. The van der Waals surface area contributed by atoms with E-state index in [2.05, 4.69) is 10.6 Å². The number of carbonyl (C=O) groups is 2. The summed E-state index contributed by atoms with van der Waals surface area (Å²) in [4.78, 5) is 22.6. The number of carbonyl (C=O) groups excluding carboxylic acids is 2. The maximum atomic E-state index is 11.6. The third-order valence-electron chi connectivity index (χ3n) is 3.13. The molecule has 2 fully saturated rings. The fourth-order valence-corrected chi connectivity index (χ4v) is 2.27. The van der Waals surface area contributed by atoms with Crippen molar-refractivity contribution in [3.8, 4) is 0 Å². The van der Waals surface area contributed by atoms with Crippen LogP contribution < -0.4 is 16.4 Å². The molecule has 3 amide bonds. The van der Waals surface area contributed by atoms with E-state index in [1.165, 1.54) is 0 Å². The maximum absolute atomic E-state index is 11.6. The van der Waals surface area contributed by atoms with Crippen LogP contribution in [0.3, 0.4) is 0 Å². The summed E-state index contributed by atoms with van der Waals surface area (Å²) in [5.74, 6) is -0.210. The van der Waals surface area contributed by atoms with Crippen LogP contribution in [0.15, 0.2) is 0 Å². The van der Waals surface area contributed by atoms with Crippen molar-refractivity contribution in [2.75, 3.05) is 6.73 Å². The first-order valence-electron chi connectivity index (χ1n) is 5.11. The standard InChI is InChI=1S/C8H14BN3O3/c10-5-15-9-3-1-8(2-4-9)6(13)11-7(14)12-8/h1-5,10H2,(H2,11,12,13,14). The van der Waals surface area contributed by atoms with Gasteiger partial charge in [0.1, 0.15) is 5.54 Å². The van der Waals surface area contributed by atoms with Crippen LogP contribution in [0.25, 0.3) is 0 Å². The van der Waals surface area contributed by atoms with Crippen molar-refractivity contribution in [2.45, 2.75) is 31.0 Å². The molecular weight excluding hydrogens is 197 g/mol. The van der Waals surface area contributed by atoms with Crippen LogP contribution in [0, 0.1) is 0 Å². The Kier molecular flexibility index (Phi) is 2.66. The summed E-state index contributed by atoms with van der Waals surface area (Å²) in [6.07, 6.45) is 2.75. The largest absolute Gasteiger partial charge is 0.424 e. The van der Waals surface area contributed by atoms with Gasteiger partial charge in [0.05, 0.1) is 6.73 Å². The minimum absolute atomic E-state index is 0.117. The van der Waals surface area contributed by atoms with E-state index < -0.39 is 11.6 Å². The molecule has 4 N–H and O–H groups in total. The summed E-state index contributed by atoms with van der Waals surface area (Å²) < 4.78 is 5.28. The van der Waals surface area contributed by atoms with E-state index in [0.29, 0.717) is 12.8 Å². The molecule has 82 valence electrons. The molecule has 2 aliphatic heterocycles. The van der Waals surface area contributed by atoms with Crippen LogP contribution >= 0.6 is 0 Å². The fraction of sp³-hybridized carbons (Fsp3) is 0.750. The van der Waals surface area contributed by atoms with Crippen LogP contribution in [-0.4, -0.2) is 31.1 Å². The van der Waals surface area contributed by atoms with Gasteiger partial charge in [0.25, 0.3) is 12.8 Å². The number of imide groups is 1. The molecule has 0 bridgehead atoms. The van der Waals surface area contributed by atoms with Crippen molar-refractivity contribution >= 4 is 18.9 Å². The lowest BCUT2D eigenvalue weighted by Gasteiger charge is -2.32. The monoisotopic (exact) mass is 211 g/mol. The van der Waals surface area contributed by atoms with Crippen LogP contribution in [0.4, 0.5) is 4.79 Å². The van der Waals surface area contributed by atoms with Gasteiger partial charge < -0.3 is 15.7 Å². The van der Waals surface area contributed by atoms with E-state index in [4.69, 9.17) is 10.4 Å². The van der Waals surface area contributed by atoms with Gasteiger partial charge in [-0.15, -0.1) is 0 Å². The molecule has 0 radical (unpaired) electrons. The summed E-state index contributed by atoms with van der Waals surface area (Å²) in [6.45, 7) is 0.321. The average molecular weight is 211 g/mol. The Morgan fingerprint density at radius 1 is 1.40 bits per heavy atom. The molecule has 0 unspecified atom stereocenters. The number of urea groups is 1. The van der Waals surface area contributed by atoms with E-state index in [9.17, 15) is 9.59 Å². The first kappa shape index (κ1) is 10.4. The quantitative estimate of drug-likeness (QED) is 0.319. The minimum Gasteiger partial charge on any atom is -0.424 e. The highest BCUT2D eigenvalue weighted by Crippen LogP contribution is 2.31. The molecule has 7 heteroatoms. The fourth-order valence-electron chi connectivity index (χ4n) is 2.27. The van der Waals surface area contributed by atoms with Crippen molar-refractivity contribution < 1.29 is 14.2 Å². The number of nitrogens with two attached hydrogens (primary N) is 1. The Balaban J connectivity index is 1.97. The zero-order valence-corrected chi connectivity index (χ0v) is 8.41. The normalized spacial score (nSPS) is 24.2. The topological polar surface area (TPSA) is 93.4 Å². The third-order valence-corrected chi connectivity index (χ3v) is 3.13. The molecular formula is C8H14BN3O3. The molecule has 0 saturated carbocycles. The maximum Gasteiger partial charge on any atom is 0.322 e. The van der Waals surface area contributed by atoms with Crippen molar-refractivity contribution in [1.82, 2.24) is 10.6 Å². The van der Waals surface area contributed by atoms with Crippen molar-refractivity contribution in [1.29, 1.82) is 0 Å².